The molecule has 0 N–H and O–H groups in total. The second kappa shape index (κ2) is 3.95. The third-order valence-electron chi connectivity index (χ3n) is 3.46. The molecule has 0 aliphatic carbocycles. The molecule has 0 amide bonds. The SMILES string of the molecule is Cc1ccc(C)c(-c2cn3c(C)c(C)sc3n2)c1. The number of rotatable bonds is 1. The smallest absolute Gasteiger partial charge is 0.194 e. The van der Waals surface area contributed by atoms with Gasteiger partial charge in [-0.15, -0.1) is 11.3 Å². The van der Waals surface area contributed by atoms with E-state index in [0.717, 1.165) is 10.7 Å². The maximum absolute atomic E-state index is 4.75. The molecule has 0 aliphatic rings. The Bertz CT molecular complexity index is 734. The Kier molecular flexibility index (Phi) is 2.52. The molecule has 1 aromatic carbocycles. The summed E-state index contributed by atoms with van der Waals surface area (Å²) in [6, 6.07) is 6.52. The zero-order valence-electron chi connectivity index (χ0n) is 11.1. The van der Waals surface area contributed by atoms with Crippen LogP contribution in [-0.4, -0.2) is 9.38 Å². The molecule has 0 aliphatic heterocycles. The largest absolute Gasteiger partial charge is 0.294 e. The van der Waals surface area contributed by atoms with Gasteiger partial charge < -0.3 is 0 Å². The van der Waals surface area contributed by atoms with Gasteiger partial charge in [0.2, 0.25) is 0 Å². The van der Waals surface area contributed by atoms with Crippen LogP contribution in [0, 0.1) is 27.7 Å². The second-order valence-electron chi connectivity index (χ2n) is 4.84. The highest BCUT2D eigenvalue weighted by molar-refractivity contribution is 7.17. The number of thiazole rings is 1. The van der Waals surface area contributed by atoms with Crippen LogP contribution in [0.15, 0.2) is 24.4 Å². The van der Waals surface area contributed by atoms with Gasteiger partial charge in [0.15, 0.2) is 4.96 Å². The Morgan fingerprint density at radius 1 is 1.11 bits per heavy atom. The number of aromatic nitrogens is 2. The normalized spacial score (nSPS) is 11.3. The van der Waals surface area contributed by atoms with Crippen molar-refractivity contribution < 1.29 is 0 Å². The lowest BCUT2D eigenvalue weighted by molar-refractivity contribution is 1.11. The molecule has 18 heavy (non-hydrogen) atoms. The Morgan fingerprint density at radius 3 is 2.61 bits per heavy atom. The molecule has 0 atom stereocenters. The van der Waals surface area contributed by atoms with Crippen LogP contribution >= 0.6 is 11.3 Å². The van der Waals surface area contributed by atoms with Gasteiger partial charge in [-0.25, -0.2) is 4.98 Å². The van der Waals surface area contributed by atoms with Gasteiger partial charge >= 0.3 is 0 Å². The van der Waals surface area contributed by atoms with Gasteiger partial charge in [-0.05, 0) is 39.3 Å². The van der Waals surface area contributed by atoms with Crippen LogP contribution in [0.2, 0.25) is 0 Å². The summed E-state index contributed by atoms with van der Waals surface area (Å²) in [5.41, 5.74) is 6.16. The van der Waals surface area contributed by atoms with E-state index in [0.29, 0.717) is 0 Å². The first-order valence-electron chi connectivity index (χ1n) is 6.09. The van der Waals surface area contributed by atoms with E-state index in [-0.39, 0.29) is 0 Å². The fraction of sp³-hybridized carbons (Fsp3) is 0.267. The number of nitrogens with zero attached hydrogens (tertiary/aromatic N) is 2. The molecular weight excluding hydrogens is 240 g/mol. The van der Waals surface area contributed by atoms with Gasteiger partial charge in [-0.1, -0.05) is 17.7 Å². The van der Waals surface area contributed by atoms with Crippen molar-refractivity contribution in [3.05, 3.63) is 46.1 Å². The number of aryl methyl sites for hydroxylation is 4. The van der Waals surface area contributed by atoms with Crippen molar-refractivity contribution >= 4 is 16.3 Å². The first-order chi connectivity index (χ1) is 8.56. The molecule has 0 spiro atoms. The minimum Gasteiger partial charge on any atom is -0.294 e. The molecule has 3 heteroatoms. The maximum Gasteiger partial charge on any atom is 0.194 e. The quantitative estimate of drug-likeness (QED) is 0.634. The number of fused-ring (bicyclic) bond motifs is 1. The summed E-state index contributed by atoms with van der Waals surface area (Å²) in [6.07, 6.45) is 2.15. The van der Waals surface area contributed by atoms with Crippen molar-refractivity contribution in [3.8, 4) is 11.3 Å². The fourth-order valence-corrected chi connectivity index (χ4v) is 3.15. The topological polar surface area (TPSA) is 17.3 Å². The van der Waals surface area contributed by atoms with Crippen LogP contribution in [-0.2, 0) is 0 Å². The van der Waals surface area contributed by atoms with Crippen LogP contribution in [0.25, 0.3) is 16.2 Å². The summed E-state index contributed by atoms with van der Waals surface area (Å²) in [5.74, 6) is 0. The molecule has 2 nitrogen and oxygen atoms in total. The van der Waals surface area contributed by atoms with E-state index < -0.39 is 0 Å². The Labute approximate surface area is 111 Å². The number of imidazole rings is 1. The summed E-state index contributed by atoms with van der Waals surface area (Å²) in [6.45, 7) is 8.55. The molecule has 0 unspecified atom stereocenters. The van der Waals surface area contributed by atoms with Gasteiger partial charge in [-0.3, -0.25) is 4.40 Å². The average molecular weight is 256 g/mol. The van der Waals surface area contributed by atoms with Crippen LogP contribution in [0.3, 0.4) is 0 Å². The third-order valence-corrected chi connectivity index (χ3v) is 4.53. The average Bonchev–Trinajstić information content (AvgIpc) is 2.84. The van der Waals surface area contributed by atoms with E-state index >= 15 is 0 Å². The molecule has 2 aromatic heterocycles. The maximum atomic E-state index is 4.75. The van der Waals surface area contributed by atoms with E-state index in [2.05, 4.69) is 56.5 Å². The molecule has 0 radical (unpaired) electrons. The first-order valence-corrected chi connectivity index (χ1v) is 6.90. The van der Waals surface area contributed by atoms with Crippen LogP contribution in [0.4, 0.5) is 0 Å². The number of hydrogen-bond donors (Lipinski definition) is 0. The Balaban J connectivity index is 2.22. The van der Waals surface area contributed by atoms with E-state index in [9.17, 15) is 0 Å². The predicted octanol–water partition coefficient (Wildman–Crippen LogP) is 4.30. The summed E-state index contributed by atoms with van der Waals surface area (Å²) < 4.78 is 2.19. The van der Waals surface area contributed by atoms with Crippen LogP contribution in [0.1, 0.15) is 21.7 Å². The summed E-state index contributed by atoms with van der Waals surface area (Å²) in [5, 5.41) is 0. The highest BCUT2D eigenvalue weighted by atomic mass is 32.1. The molecule has 0 bridgehead atoms. The first kappa shape index (κ1) is 11.5. The molecule has 92 valence electrons. The lowest BCUT2D eigenvalue weighted by Gasteiger charge is -2.03. The van der Waals surface area contributed by atoms with Gasteiger partial charge in [0, 0.05) is 22.3 Å². The fourth-order valence-electron chi connectivity index (χ4n) is 2.20. The molecule has 0 saturated heterocycles. The molecule has 3 aromatic rings. The zero-order chi connectivity index (χ0) is 12.9. The third kappa shape index (κ3) is 1.66. The Morgan fingerprint density at radius 2 is 1.89 bits per heavy atom. The van der Waals surface area contributed by atoms with Gasteiger partial charge in [-0.2, -0.15) is 0 Å². The van der Waals surface area contributed by atoms with Crippen molar-refractivity contribution in [1.29, 1.82) is 0 Å². The summed E-state index contributed by atoms with van der Waals surface area (Å²) in [7, 11) is 0. The van der Waals surface area contributed by atoms with Gasteiger partial charge in [0.1, 0.15) is 0 Å². The van der Waals surface area contributed by atoms with Gasteiger partial charge in [0.05, 0.1) is 5.69 Å². The summed E-state index contributed by atoms with van der Waals surface area (Å²) >= 11 is 1.76. The van der Waals surface area contributed by atoms with Crippen molar-refractivity contribution in [1.82, 2.24) is 9.38 Å². The molecule has 2 heterocycles. The van der Waals surface area contributed by atoms with E-state index in [1.807, 2.05) is 0 Å². The molecule has 3 rings (SSSR count). The number of hydrogen-bond acceptors (Lipinski definition) is 2. The van der Waals surface area contributed by atoms with Crippen molar-refractivity contribution in [2.24, 2.45) is 0 Å². The highest BCUT2D eigenvalue weighted by Gasteiger charge is 2.11. The zero-order valence-corrected chi connectivity index (χ0v) is 11.9. The lowest BCUT2D eigenvalue weighted by Crippen LogP contribution is -1.85. The summed E-state index contributed by atoms with van der Waals surface area (Å²) in [4.78, 5) is 7.17. The Hall–Kier alpha value is -1.61. The van der Waals surface area contributed by atoms with E-state index in [1.54, 1.807) is 11.3 Å². The minimum atomic E-state index is 1.07. The number of benzene rings is 1. The van der Waals surface area contributed by atoms with Crippen LogP contribution in [0.5, 0.6) is 0 Å². The molecular formula is C15H16N2S. The predicted molar refractivity (Wildman–Crippen MR) is 77.5 cm³/mol. The van der Waals surface area contributed by atoms with Crippen molar-refractivity contribution in [3.63, 3.8) is 0 Å². The second-order valence-corrected chi connectivity index (χ2v) is 6.02. The van der Waals surface area contributed by atoms with Crippen molar-refractivity contribution in [2.45, 2.75) is 27.7 Å². The van der Waals surface area contributed by atoms with Crippen molar-refractivity contribution in [2.75, 3.05) is 0 Å². The van der Waals surface area contributed by atoms with Gasteiger partial charge in [0.25, 0.3) is 0 Å². The molecule has 0 fully saturated rings. The monoisotopic (exact) mass is 256 g/mol. The minimum absolute atomic E-state index is 1.07. The van der Waals surface area contributed by atoms with E-state index in [4.69, 9.17) is 4.98 Å². The standard InChI is InChI=1S/C15H16N2S/c1-9-5-6-10(2)13(7-9)14-8-17-11(3)12(4)18-15(17)16-14/h5-8H,1-4H3. The lowest BCUT2D eigenvalue weighted by atomic mass is 10.0. The molecule has 0 saturated carbocycles. The van der Waals surface area contributed by atoms with E-state index in [1.165, 1.54) is 27.3 Å². The van der Waals surface area contributed by atoms with Crippen LogP contribution < -0.4 is 0 Å². The highest BCUT2D eigenvalue weighted by Crippen LogP contribution is 2.28.